The van der Waals surface area contributed by atoms with E-state index in [9.17, 15) is 0 Å². The zero-order valence-electron chi connectivity index (χ0n) is 36.5. The molecule has 0 spiro atoms. The molecule has 0 unspecified atom stereocenters. The van der Waals surface area contributed by atoms with Crippen molar-refractivity contribution in [2.75, 3.05) is 4.90 Å². The molecule has 9 aromatic rings. The summed E-state index contributed by atoms with van der Waals surface area (Å²) in [6.45, 7) is 9.54. The van der Waals surface area contributed by atoms with E-state index in [1.807, 2.05) is 23.5 Å². The first-order valence-corrected chi connectivity index (χ1v) is 24.8. The smallest absolute Gasteiger partial charge is 0.149 e. The third-order valence-corrected chi connectivity index (χ3v) is 17.7. The Kier molecular flexibility index (Phi) is 8.75. The Labute approximate surface area is 393 Å². The molecule has 2 nitrogen and oxygen atoms in total. The molecule has 5 heteroatoms. The molecule has 0 bridgehead atoms. The van der Waals surface area contributed by atoms with Crippen LogP contribution >= 0.6 is 35.3 Å². The van der Waals surface area contributed by atoms with Crippen LogP contribution in [0.25, 0.3) is 44.5 Å². The molecular weight excluding hydrogens is 847 g/mol. The first kappa shape index (κ1) is 39.0. The Morgan fingerprint density at radius 3 is 1.58 bits per heavy atom. The first-order chi connectivity index (χ1) is 31.7. The summed E-state index contributed by atoms with van der Waals surface area (Å²) < 4.78 is 6.77. The second-order valence-electron chi connectivity index (χ2n) is 18.5. The van der Waals surface area contributed by atoms with Crippen LogP contribution in [-0.4, -0.2) is 0 Å². The molecule has 0 amide bonds. The first-order valence-electron chi connectivity index (χ1n) is 22.3. The second kappa shape index (κ2) is 14.6. The van der Waals surface area contributed by atoms with Gasteiger partial charge in [-0.2, -0.15) is 0 Å². The standard InChI is InChI=1S/C60H43NOS3/c1-59(2)45-29-31-53-57(62-49-17-8-9-18-50(49)63-53)55(45)43-27-25-41(34-47(43)59)61(40-23-21-37(22-24-40)39-16-12-15-38(33-39)36-13-6-5-7-14-36)42-26-28-44-48(35-42)60(3,4)46-30-32-54-58(56(44)46)65-52-20-11-10-19-51(52)64-54/h5-35H,1-4H3. The van der Waals surface area contributed by atoms with Gasteiger partial charge in [0.1, 0.15) is 11.5 Å². The van der Waals surface area contributed by atoms with Crippen LogP contribution in [0.15, 0.2) is 217 Å². The van der Waals surface area contributed by atoms with E-state index in [0.29, 0.717) is 0 Å². The summed E-state index contributed by atoms with van der Waals surface area (Å²) in [5.74, 6) is 1.89. The number of ether oxygens (including phenoxy) is 1. The quantitative estimate of drug-likeness (QED) is 0.170. The zero-order chi connectivity index (χ0) is 43.6. The van der Waals surface area contributed by atoms with E-state index < -0.39 is 0 Å². The molecule has 9 aromatic carbocycles. The molecule has 2 aliphatic heterocycles. The molecule has 0 fully saturated rings. The summed E-state index contributed by atoms with van der Waals surface area (Å²) >= 11 is 5.62. The van der Waals surface area contributed by atoms with E-state index >= 15 is 0 Å². The minimum absolute atomic E-state index is 0.186. The zero-order valence-corrected chi connectivity index (χ0v) is 38.9. The Morgan fingerprint density at radius 1 is 0.369 bits per heavy atom. The van der Waals surface area contributed by atoms with E-state index in [2.05, 4.69) is 221 Å². The van der Waals surface area contributed by atoms with Gasteiger partial charge in [0, 0.05) is 58.6 Å². The minimum atomic E-state index is -0.241. The van der Waals surface area contributed by atoms with Gasteiger partial charge in [-0.15, -0.1) is 0 Å². The van der Waals surface area contributed by atoms with Crippen LogP contribution in [0.5, 0.6) is 11.5 Å². The molecule has 2 heterocycles. The lowest BCUT2D eigenvalue weighted by atomic mass is 9.82. The van der Waals surface area contributed by atoms with Crippen molar-refractivity contribution in [1.29, 1.82) is 0 Å². The summed E-state index contributed by atoms with van der Waals surface area (Å²) in [5.41, 5.74) is 18.3. The maximum atomic E-state index is 6.77. The lowest BCUT2D eigenvalue weighted by Gasteiger charge is -2.30. The topological polar surface area (TPSA) is 12.5 Å². The molecule has 0 aromatic heterocycles. The summed E-state index contributed by atoms with van der Waals surface area (Å²) in [7, 11) is 0. The number of hydrogen-bond donors (Lipinski definition) is 0. The summed E-state index contributed by atoms with van der Waals surface area (Å²) in [5, 5.41) is 0. The Bertz CT molecular complexity index is 3280. The van der Waals surface area contributed by atoms with Crippen LogP contribution in [-0.2, 0) is 10.8 Å². The van der Waals surface area contributed by atoms with Gasteiger partial charge in [-0.25, -0.2) is 0 Å². The van der Waals surface area contributed by atoms with Gasteiger partial charge in [0.05, 0.1) is 9.79 Å². The molecule has 312 valence electrons. The molecule has 0 radical (unpaired) electrons. The number of fused-ring (bicyclic) bond motifs is 12. The summed E-state index contributed by atoms with van der Waals surface area (Å²) in [4.78, 5) is 10.2. The van der Waals surface area contributed by atoms with Crippen LogP contribution in [0.3, 0.4) is 0 Å². The SMILES string of the molecule is CC1(C)c2cc(N(c3ccc(-c4cccc(-c5ccccc5)c4)cc3)c3ccc4c(c3)C(C)(C)c3ccc5c(c3-4)Sc3ccccc3S5)ccc2-c2c1ccc1c2Oc2ccccc2S1. The monoisotopic (exact) mass is 889 g/mol. The fraction of sp³-hybridized carbons (Fsp3) is 0.100. The van der Waals surface area contributed by atoms with Gasteiger partial charge in [0.15, 0.2) is 0 Å². The van der Waals surface area contributed by atoms with Gasteiger partial charge in [0.2, 0.25) is 0 Å². The van der Waals surface area contributed by atoms with Gasteiger partial charge < -0.3 is 9.64 Å². The molecule has 0 N–H and O–H groups in total. The number of anilines is 3. The Hall–Kier alpha value is -6.37. The average Bonchev–Trinajstić information content (AvgIpc) is 3.72. The molecule has 13 rings (SSSR count). The van der Waals surface area contributed by atoms with E-state index in [0.717, 1.165) is 38.4 Å². The summed E-state index contributed by atoms with van der Waals surface area (Å²) in [6.07, 6.45) is 0. The average molecular weight is 890 g/mol. The van der Waals surface area contributed by atoms with Gasteiger partial charge in [-0.05, 0) is 134 Å². The van der Waals surface area contributed by atoms with Crippen LogP contribution in [0, 0.1) is 0 Å². The molecule has 65 heavy (non-hydrogen) atoms. The molecule has 0 saturated heterocycles. The number of benzene rings is 9. The van der Waals surface area contributed by atoms with Crippen molar-refractivity contribution < 1.29 is 4.74 Å². The highest BCUT2D eigenvalue weighted by Gasteiger charge is 2.42. The third-order valence-electron chi connectivity index (χ3n) is 14.0. The molecule has 0 atom stereocenters. The highest BCUT2D eigenvalue weighted by Crippen LogP contribution is 2.61. The number of rotatable bonds is 5. The van der Waals surface area contributed by atoms with Gasteiger partial charge >= 0.3 is 0 Å². The predicted molar refractivity (Wildman–Crippen MR) is 272 cm³/mol. The fourth-order valence-corrected chi connectivity index (χ4v) is 14.0. The minimum Gasteiger partial charge on any atom is -0.454 e. The second-order valence-corrected chi connectivity index (χ2v) is 21.7. The van der Waals surface area contributed by atoms with Crippen molar-refractivity contribution in [3.8, 4) is 56.0 Å². The van der Waals surface area contributed by atoms with Gasteiger partial charge in [-0.1, -0.05) is 172 Å². The third kappa shape index (κ3) is 6.05. The van der Waals surface area contributed by atoms with Crippen molar-refractivity contribution in [2.45, 2.75) is 67.9 Å². The molecule has 0 saturated carbocycles. The van der Waals surface area contributed by atoms with Crippen molar-refractivity contribution in [1.82, 2.24) is 0 Å². The number of para-hydroxylation sites is 1. The Morgan fingerprint density at radius 2 is 0.892 bits per heavy atom. The normalized spacial score (nSPS) is 15.0. The van der Waals surface area contributed by atoms with Crippen molar-refractivity contribution in [2.24, 2.45) is 0 Å². The van der Waals surface area contributed by atoms with Crippen LogP contribution in [0.1, 0.15) is 49.9 Å². The maximum Gasteiger partial charge on any atom is 0.149 e. The van der Waals surface area contributed by atoms with E-state index in [1.165, 1.54) is 86.3 Å². The molecular formula is C60H43NOS3. The largest absolute Gasteiger partial charge is 0.454 e. The molecule has 4 aliphatic rings. The lowest BCUT2D eigenvalue weighted by Crippen LogP contribution is -2.18. The van der Waals surface area contributed by atoms with Crippen molar-refractivity contribution in [3.05, 3.63) is 210 Å². The summed E-state index contributed by atoms with van der Waals surface area (Å²) in [6, 6.07) is 69.5. The molecule has 2 aliphatic carbocycles. The predicted octanol–water partition coefficient (Wildman–Crippen LogP) is 18.0. The van der Waals surface area contributed by atoms with Gasteiger partial charge in [0.25, 0.3) is 0 Å². The highest BCUT2D eigenvalue weighted by atomic mass is 32.2. The maximum absolute atomic E-state index is 6.77. The number of nitrogens with zero attached hydrogens (tertiary/aromatic N) is 1. The van der Waals surface area contributed by atoms with Gasteiger partial charge in [-0.3, -0.25) is 0 Å². The fourth-order valence-electron chi connectivity index (χ4n) is 10.6. The van der Waals surface area contributed by atoms with E-state index in [1.54, 1.807) is 11.8 Å². The number of hydrogen-bond acceptors (Lipinski definition) is 5. The lowest BCUT2D eigenvalue weighted by molar-refractivity contribution is 0.455. The van der Waals surface area contributed by atoms with Crippen molar-refractivity contribution in [3.63, 3.8) is 0 Å². The van der Waals surface area contributed by atoms with E-state index in [4.69, 9.17) is 4.74 Å². The van der Waals surface area contributed by atoms with Crippen LogP contribution in [0.2, 0.25) is 0 Å². The van der Waals surface area contributed by atoms with Crippen LogP contribution in [0.4, 0.5) is 17.1 Å². The highest BCUT2D eigenvalue weighted by molar-refractivity contribution is 8.05. The van der Waals surface area contributed by atoms with E-state index in [-0.39, 0.29) is 10.8 Å². The van der Waals surface area contributed by atoms with Crippen molar-refractivity contribution >= 4 is 52.3 Å². The Balaban J connectivity index is 0.944. The van der Waals surface area contributed by atoms with Crippen LogP contribution < -0.4 is 9.64 Å².